The summed E-state index contributed by atoms with van der Waals surface area (Å²) in [5.74, 6) is 0.277. The second-order valence-corrected chi connectivity index (χ2v) is 5.03. The van der Waals surface area contributed by atoms with Gasteiger partial charge in [0.15, 0.2) is 11.5 Å². The van der Waals surface area contributed by atoms with Gasteiger partial charge in [-0.1, -0.05) is 24.4 Å². The molecule has 2 heterocycles. The molecule has 0 atom stereocenters. The quantitative estimate of drug-likeness (QED) is 0.289. The number of amidine groups is 1. The lowest BCUT2D eigenvalue weighted by Gasteiger charge is -2.26. The maximum Gasteiger partial charge on any atom is 0.298 e. The molecule has 1 aliphatic heterocycles. The first kappa shape index (κ1) is 15.0. The molecule has 0 radical (unpaired) electrons. The highest BCUT2D eigenvalue weighted by atomic mass is 16.6. The number of anilines is 1. The molecular weight excluding hydrogens is 274 g/mol. The van der Waals surface area contributed by atoms with Crippen molar-refractivity contribution in [3.05, 3.63) is 27.9 Å². The summed E-state index contributed by atoms with van der Waals surface area (Å²) in [6.07, 6.45) is 5.74. The Hall–Kier alpha value is -2.38. The molecule has 1 aromatic rings. The number of nitrogens with two attached hydrogens (primary N) is 1. The van der Waals surface area contributed by atoms with Crippen LogP contribution >= 0.6 is 0 Å². The van der Waals surface area contributed by atoms with Gasteiger partial charge in [0, 0.05) is 19.2 Å². The van der Waals surface area contributed by atoms with Crippen LogP contribution in [0, 0.1) is 10.1 Å². The van der Waals surface area contributed by atoms with Gasteiger partial charge in [-0.15, -0.1) is 0 Å². The summed E-state index contributed by atoms with van der Waals surface area (Å²) in [6.45, 7) is 1.72. The number of rotatable bonds is 3. The summed E-state index contributed by atoms with van der Waals surface area (Å²) in [5.41, 5.74) is 5.14. The molecule has 0 bridgehead atoms. The summed E-state index contributed by atoms with van der Waals surface area (Å²) >= 11 is 0. The Morgan fingerprint density at radius 3 is 2.48 bits per heavy atom. The number of hydrogen-bond acceptors (Lipinski definition) is 6. The van der Waals surface area contributed by atoms with E-state index in [1.165, 1.54) is 25.3 Å². The van der Waals surface area contributed by atoms with Crippen molar-refractivity contribution in [3.8, 4) is 0 Å². The highest BCUT2D eigenvalue weighted by Crippen LogP contribution is 2.23. The Morgan fingerprint density at radius 1 is 1.29 bits per heavy atom. The van der Waals surface area contributed by atoms with Gasteiger partial charge in [0.25, 0.3) is 5.69 Å². The first-order chi connectivity index (χ1) is 10.1. The predicted octanol–water partition coefficient (Wildman–Crippen LogP) is 1.85. The van der Waals surface area contributed by atoms with Gasteiger partial charge in [-0.25, -0.2) is 4.98 Å². The lowest BCUT2D eigenvalue weighted by molar-refractivity contribution is -0.385. The van der Waals surface area contributed by atoms with Crippen LogP contribution in [0.25, 0.3) is 0 Å². The molecule has 1 aromatic heterocycles. The van der Waals surface area contributed by atoms with E-state index in [1.54, 1.807) is 6.07 Å². The van der Waals surface area contributed by atoms with Gasteiger partial charge < -0.3 is 15.8 Å². The topological polar surface area (TPSA) is 118 Å². The van der Waals surface area contributed by atoms with E-state index in [1.807, 2.05) is 0 Å². The summed E-state index contributed by atoms with van der Waals surface area (Å²) < 4.78 is 0. The Labute approximate surface area is 122 Å². The monoisotopic (exact) mass is 293 g/mol. The number of nitro groups is 1. The molecule has 0 aliphatic carbocycles. The molecule has 114 valence electrons. The third-order valence-electron chi connectivity index (χ3n) is 3.59. The molecule has 8 nitrogen and oxygen atoms in total. The smallest absolute Gasteiger partial charge is 0.298 e. The fourth-order valence-corrected chi connectivity index (χ4v) is 2.48. The van der Waals surface area contributed by atoms with E-state index < -0.39 is 4.92 Å². The van der Waals surface area contributed by atoms with Crippen LogP contribution in [-0.4, -0.2) is 34.0 Å². The van der Waals surface area contributed by atoms with E-state index in [2.05, 4.69) is 15.0 Å². The van der Waals surface area contributed by atoms with Crippen molar-refractivity contribution in [1.29, 1.82) is 0 Å². The number of hydrogen-bond donors (Lipinski definition) is 2. The van der Waals surface area contributed by atoms with Crippen LogP contribution in [-0.2, 0) is 0 Å². The van der Waals surface area contributed by atoms with Crippen molar-refractivity contribution >= 4 is 17.3 Å². The lowest BCUT2D eigenvalue weighted by Crippen LogP contribution is -2.29. The van der Waals surface area contributed by atoms with Crippen molar-refractivity contribution < 1.29 is 10.1 Å². The van der Waals surface area contributed by atoms with Gasteiger partial charge in [0.2, 0.25) is 0 Å². The highest BCUT2D eigenvalue weighted by Gasteiger charge is 2.21. The fourth-order valence-electron chi connectivity index (χ4n) is 2.48. The van der Waals surface area contributed by atoms with E-state index in [9.17, 15) is 10.1 Å². The molecule has 8 heteroatoms. The molecule has 0 amide bonds. The SMILES string of the molecule is N/C(=N/O)c1nc(N2CCCCCCC2)ccc1[N+](=O)[O-]. The summed E-state index contributed by atoms with van der Waals surface area (Å²) in [6, 6.07) is 2.97. The standard InChI is InChI=1S/C13H19N5O3/c14-13(16-19)12-10(18(20)21)6-7-11(15-12)17-8-4-2-1-3-5-9-17/h6-7,19H,1-5,8-9H2,(H2,14,16). The van der Waals surface area contributed by atoms with Crippen molar-refractivity contribution in [1.82, 2.24) is 4.98 Å². The van der Waals surface area contributed by atoms with Gasteiger partial charge in [-0.2, -0.15) is 0 Å². The van der Waals surface area contributed by atoms with Gasteiger partial charge in [-0.05, 0) is 18.9 Å². The maximum atomic E-state index is 11.0. The van der Waals surface area contributed by atoms with Gasteiger partial charge in [-0.3, -0.25) is 10.1 Å². The average molecular weight is 293 g/mol. The van der Waals surface area contributed by atoms with Crippen LogP contribution in [0.3, 0.4) is 0 Å². The van der Waals surface area contributed by atoms with Crippen LogP contribution in [0.4, 0.5) is 11.5 Å². The van der Waals surface area contributed by atoms with E-state index in [0.29, 0.717) is 5.82 Å². The predicted molar refractivity (Wildman–Crippen MR) is 78.7 cm³/mol. The molecule has 1 saturated heterocycles. The van der Waals surface area contributed by atoms with Crippen LogP contribution in [0.15, 0.2) is 17.3 Å². The Balaban J connectivity index is 2.33. The Kier molecular flexibility index (Phi) is 4.91. The van der Waals surface area contributed by atoms with Gasteiger partial charge in [0.1, 0.15) is 5.82 Å². The van der Waals surface area contributed by atoms with Crippen LogP contribution in [0.5, 0.6) is 0 Å². The second-order valence-electron chi connectivity index (χ2n) is 5.03. The van der Waals surface area contributed by atoms with Crippen molar-refractivity contribution in [2.24, 2.45) is 10.9 Å². The first-order valence-electron chi connectivity index (χ1n) is 7.01. The van der Waals surface area contributed by atoms with Crippen molar-refractivity contribution in [2.75, 3.05) is 18.0 Å². The first-order valence-corrected chi connectivity index (χ1v) is 7.01. The zero-order valence-corrected chi connectivity index (χ0v) is 11.7. The summed E-state index contributed by atoms with van der Waals surface area (Å²) in [5, 5.41) is 22.6. The largest absolute Gasteiger partial charge is 0.409 e. The third kappa shape index (κ3) is 3.59. The maximum absolute atomic E-state index is 11.0. The van der Waals surface area contributed by atoms with Gasteiger partial charge in [0.05, 0.1) is 4.92 Å². The lowest BCUT2D eigenvalue weighted by atomic mass is 10.1. The average Bonchev–Trinajstić information content (AvgIpc) is 2.45. The van der Waals surface area contributed by atoms with E-state index >= 15 is 0 Å². The minimum absolute atomic E-state index is 0.0953. The molecule has 1 aliphatic rings. The van der Waals surface area contributed by atoms with Crippen molar-refractivity contribution in [3.63, 3.8) is 0 Å². The Morgan fingerprint density at radius 2 is 1.90 bits per heavy atom. The molecular formula is C13H19N5O3. The third-order valence-corrected chi connectivity index (χ3v) is 3.59. The normalized spacial score (nSPS) is 17.1. The molecule has 2 rings (SSSR count). The minimum Gasteiger partial charge on any atom is -0.409 e. The van der Waals surface area contributed by atoms with E-state index in [-0.39, 0.29) is 17.2 Å². The molecule has 0 spiro atoms. The zero-order valence-electron chi connectivity index (χ0n) is 11.7. The van der Waals surface area contributed by atoms with Crippen LogP contribution in [0.2, 0.25) is 0 Å². The molecule has 1 fully saturated rings. The number of pyridine rings is 1. The second kappa shape index (κ2) is 6.87. The number of nitrogens with zero attached hydrogens (tertiary/aromatic N) is 4. The zero-order chi connectivity index (χ0) is 15.2. The van der Waals surface area contributed by atoms with E-state index in [4.69, 9.17) is 10.9 Å². The summed E-state index contributed by atoms with van der Waals surface area (Å²) in [7, 11) is 0. The highest BCUT2D eigenvalue weighted by molar-refractivity contribution is 5.99. The van der Waals surface area contributed by atoms with E-state index in [0.717, 1.165) is 25.9 Å². The number of oxime groups is 1. The Bertz CT molecular complexity index is 539. The molecule has 0 aromatic carbocycles. The minimum atomic E-state index is -0.586. The molecule has 0 saturated carbocycles. The fraction of sp³-hybridized carbons (Fsp3) is 0.538. The van der Waals surface area contributed by atoms with Crippen LogP contribution in [0.1, 0.15) is 37.8 Å². The van der Waals surface area contributed by atoms with Crippen molar-refractivity contribution in [2.45, 2.75) is 32.1 Å². The molecule has 21 heavy (non-hydrogen) atoms. The molecule has 3 N–H and O–H groups in total. The molecule has 0 unspecified atom stereocenters. The number of aromatic nitrogens is 1. The van der Waals surface area contributed by atoms with Crippen LogP contribution < -0.4 is 10.6 Å². The summed E-state index contributed by atoms with van der Waals surface area (Å²) in [4.78, 5) is 16.7. The van der Waals surface area contributed by atoms with Gasteiger partial charge >= 0.3 is 0 Å².